The van der Waals surface area contributed by atoms with Gasteiger partial charge in [-0.2, -0.15) is 0 Å². The molecular weight excluding hydrogens is 226 g/mol. The van der Waals surface area contributed by atoms with Crippen molar-refractivity contribution in [2.45, 2.75) is 57.8 Å². The van der Waals surface area contributed by atoms with Crippen molar-refractivity contribution in [2.75, 3.05) is 19.8 Å². The molecule has 0 atom stereocenters. The van der Waals surface area contributed by atoms with Gasteiger partial charge in [0.2, 0.25) is 0 Å². The molecule has 0 spiro atoms. The van der Waals surface area contributed by atoms with Gasteiger partial charge in [-0.25, -0.2) is 0 Å². The van der Waals surface area contributed by atoms with Crippen molar-refractivity contribution in [1.82, 2.24) is 0 Å². The minimum atomic E-state index is 0.440. The van der Waals surface area contributed by atoms with E-state index in [0.717, 1.165) is 19.4 Å². The molecule has 0 bridgehead atoms. The van der Waals surface area contributed by atoms with E-state index in [-0.39, 0.29) is 0 Å². The lowest BCUT2D eigenvalue weighted by atomic mass is 10.1. The highest BCUT2D eigenvalue weighted by Crippen LogP contribution is 2.09. The number of hydrogen-bond acceptors (Lipinski definition) is 2. The summed E-state index contributed by atoms with van der Waals surface area (Å²) < 4.78 is 5.20. The molecule has 0 aromatic heterocycles. The number of unbranched alkanes of at least 4 members (excludes halogenated alkanes) is 8. The van der Waals surface area contributed by atoms with Gasteiger partial charge in [0.05, 0.1) is 0 Å². The Kier molecular flexibility index (Phi) is 14.8. The maximum Gasteiger partial charge on any atom is 0.107 e. The average molecular weight is 251 g/mol. The van der Waals surface area contributed by atoms with Crippen molar-refractivity contribution in [2.24, 2.45) is 5.11 Å². The summed E-state index contributed by atoms with van der Waals surface area (Å²) in [5.41, 5.74) is 8.10. The lowest BCUT2D eigenvalue weighted by Crippen LogP contribution is -1.94. The van der Waals surface area contributed by atoms with Crippen LogP contribution in [0.25, 0.3) is 10.4 Å². The molecule has 0 aliphatic carbocycles. The standard InChI is InChI=1S/C14H25N3O/c1-2-13-18-14-11-9-7-5-3-4-6-8-10-12-16-17-15/h1H,3-14H2. The molecule has 4 nitrogen and oxygen atoms in total. The van der Waals surface area contributed by atoms with Crippen LogP contribution in [0.2, 0.25) is 0 Å². The van der Waals surface area contributed by atoms with Crippen molar-refractivity contribution < 1.29 is 4.74 Å². The maximum absolute atomic E-state index is 8.10. The lowest BCUT2D eigenvalue weighted by molar-refractivity contribution is 0.162. The molecule has 0 heterocycles. The molecule has 0 aromatic rings. The summed E-state index contributed by atoms with van der Waals surface area (Å²) >= 11 is 0. The molecule has 0 radical (unpaired) electrons. The summed E-state index contributed by atoms with van der Waals surface area (Å²) in [5.74, 6) is 2.46. The van der Waals surface area contributed by atoms with Crippen LogP contribution in [-0.4, -0.2) is 19.8 Å². The van der Waals surface area contributed by atoms with Gasteiger partial charge >= 0.3 is 0 Å². The molecule has 0 saturated carbocycles. The minimum absolute atomic E-state index is 0.440. The van der Waals surface area contributed by atoms with Gasteiger partial charge in [0, 0.05) is 18.1 Å². The van der Waals surface area contributed by atoms with E-state index in [0.29, 0.717) is 13.2 Å². The van der Waals surface area contributed by atoms with Crippen LogP contribution in [0.4, 0.5) is 0 Å². The molecule has 0 unspecified atom stereocenters. The molecule has 0 N–H and O–H groups in total. The van der Waals surface area contributed by atoms with Crippen LogP contribution < -0.4 is 0 Å². The van der Waals surface area contributed by atoms with Gasteiger partial charge in [0.1, 0.15) is 6.61 Å². The molecule has 4 heteroatoms. The van der Waals surface area contributed by atoms with Crippen molar-refractivity contribution >= 4 is 0 Å². The smallest absolute Gasteiger partial charge is 0.107 e. The Morgan fingerprint density at radius 2 is 1.50 bits per heavy atom. The highest BCUT2D eigenvalue weighted by molar-refractivity contribution is 4.82. The quantitative estimate of drug-likeness (QED) is 0.157. The van der Waals surface area contributed by atoms with Gasteiger partial charge in [-0.3, -0.25) is 0 Å². The fraction of sp³-hybridized carbons (Fsp3) is 0.857. The van der Waals surface area contributed by atoms with Crippen LogP contribution in [0.3, 0.4) is 0 Å². The summed E-state index contributed by atoms with van der Waals surface area (Å²) in [6.07, 6.45) is 16.1. The first-order chi connectivity index (χ1) is 8.91. The number of terminal acetylenes is 1. The molecule has 18 heavy (non-hydrogen) atoms. The number of rotatable bonds is 13. The number of azide groups is 1. The van der Waals surface area contributed by atoms with Crippen molar-refractivity contribution in [3.8, 4) is 12.3 Å². The second-order valence-electron chi connectivity index (χ2n) is 4.39. The Bertz CT molecular complexity index is 254. The monoisotopic (exact) mass is 251 g/mol. The van der Waals surface area contributed by atoms with E-state index in [1.54, 1.807) is 0 Å². The Labute approximate surface area is 111 Å². The average Bonchev–Trinajstić information content (AvgIpc) is 2.39. The SMILES string of the molecule is C#CCOCCCCCCCCCCCN=[N+]=[N-]. The van der Waals surface area contributed by atoms with Crippen LogP contribution in [0, 0.1) is 12.3 Å². The van der Waals surface area contributed by atoms with E-state index in [9.17, 15) is 0 Å². The van der Waals surface area contributed by atoms with E-state index in [1.165, 1.54) is 44.9 Å². The third kappa shape index (κ3) is 14.8. The second-order valence-corrected chi connectivity index (χ2v) is 4.39. The minimum Gasteiger partial charge on any atom is -0.369 e. The number of hydrogen-bond donors (Lipinski definition) is 0. The first kappa shape index (κ1) is 16.8. The third-order valence-corrected chi connectivity index (χ3v) is 2.80. The normalized spacial score (nSPS) is 9.72. The zero-order valence-electron chi connectivity index (χ0n) is 11.3. The molecule has 102 valence electrons. The molecule has 0 saturated heterocycles. The van der Waals surface area contributed by atoms with Crippen molar-refractivity contribution in [1.29, 1.82) is 0 Å². The number of nitrogens with zero attached hydrogens (tertiary/aromatic N) is 3. The van der Waals surface area contributed by atoms with Crippen LogP contribution in [0.15, 0.2) is 5.11 Å². The molecule has 0 fully saturated rings. The van der Waals surface area contributed by atoms with Gasteiger partial charge in [-0.1, -0.05) is 56.0 Å². The molecule has 0 aliphatic heterocycles. The van der Waals surface area contributed by atoms with E-state index < -0.39 is 0 Å². The maximum atomic E-state index is 8.10. The Balaban J connectivity index is 2.95. The fourth-order valence-corrected chi connectivity index (χ4v) is 1.80. The summed E-state index contributed by atoms with van der Waals surface area (Å²) in [4.78, 5) is 2.73. The highest BCUT2D eigenvalue weighted by Gasteiger charge is 1.92. The van der Waals surface area contributed by atoms with Gasteiger partial charge in [0.15, 0.2) is 0 Å². The zero-order chi connectivity index (χ0) is 13.3. The fourth-order valence-electron chi connectivity index (χ4n) is 1.80. The van der Waals surface area contributed by atoms with Crippen LogP contribution in [-0.2, 0) is 4.74 Å². The van der Waals surface area contributed by atoms with Crippen LogP contribution in [0.1, 0.15) is 57.8 Å². The first-order valence-electron chi connectivity index (χ1n) is 6.94. The third-order valence-electron chi connectivity index (χ3n) is 2.80. The topological polar surface area (TPSA) is 58.0 Å². The largest absolute Gasteiger partial charge is 0.369 e. The van der Waals surface area contributed by atoms with E-state index in [2.05, 4.69) is 15.9 Å². The molecular formula is C14H25N3O. The van der Waals surface area contributed by atoms with Crippen LogP contribution >= 0.6 is 0 Å². The molecule has 0 aliphatic rings. The van der Waals surface area contributed by atoms with Crippen molar-refractivity contribution in [3.05, 3.63) is 10.4 Å². The molecule has 0 amide bonds. The van der Waals surface area contributed by atoms with Crippen molar-refractivity contribution in [3.63, 3.8) is 0 Å². The molecule has 0 rings (SSSR count). The van der Waals surface area contributed by atoms with E-state index in [4.69, 9.17) is 16.7 Å². The number of ether oxygens (including phenoxy) is 1. The van der Waals surface area contributed by atoms with Gasteiger partial charge in [-0.05, 0) is 18.4 Å². The van der Waals surface area contributed by atoms with E-state index in [1.807, 2.05) is 0 Å². The van der Waals surface area contributed by atoms with Gasteiger partial charge in [-0.15, -0.1) is 6.42 Å². The summed E-state index contributed by atoms with van der Waals surface area (Å²) in [7, 11) is 0. The van der Waals surface area contributed by atoms with Crippen LogP contribution in [0.5, 0.6) is 0 Å². The second kappa shape index (κ2) is 15.8. The highest BCUT2D eigenvalue weighted by atomic mass is 16.5. The van der Waals surface area contributed by atoms with Gasteiger partial charge < -0.3 is 4.74 Å². The summed E-state index contributed by atoms with van der Waals surface area (Å²) in [6.45, 7) is 1.88. The Hall–Kier alpha value is -1.17. The first-order valence-corrected chi connectivity index (χ1v) is 6.94. The Morgan fingerprint density at radius 1 is 0.944 bits per heavy atom. The summed E-state index contributed by atoms with van der Waals surface area (Å²) in [5, 5.41) is 3.52. The summed E-state index contributed by atoms with van der Waals surface area (Å²) in [6, 6.07) is 0. The Morgan fingerprint density at radius 3 is 2.06 bits per heavy atom. The zero-order valence-corrected chi connectivity index (χ0v) is 11.3. The lowest BCUT2D eigenvalue weighted by Gasteiger charge is -2.02. The van der Waals surface area contributed by atoms with Gasteiger partial charge in [0.25, 0.3) is 0 Å². The predicted octanol–water partition coefficient (Wildman–Crippen LogP) is 4.46. The predicted molar refractivity (Wildman–Crippen MR) is 75.2 cm³/mol. The molecule has 0 aromatic carbocycles. The van der Waals surface area contributed by atoms with E-state index >= 15 is 0 Å².